The van der Waals surface area contributed by atoms with Gasteiger partial charge in [-0.1, -0.05) is 19.8 Å². The summed E-state index contributed by atoms with van der Waals surface area (Å²) in [5, 5.41) is 0. The van der Waals surface area contributed by atoms with Crippen molar-refractivity contribution in [3.8, 4) is 5.75 Å². The van der Waals surface area contributed by atoms with E-state index in [1.165, 1.54) is 25.0 Å². The molecular weight excluding hydrogens is 244 g/mol. The number of thioether (sulfide) groups is 1. The fourth-order valence-corrected chi connectivity index (χ4v) is 2.37. The fraction of sp³-hybridized carbons (Fsp3) is 0.533. The largest absolute Gasteiger partial charge is 0.493 e. The molecule has 1 rings (SSSR count). The van der Waals surface area contributed by atoms with Crippen LogP contribution >= 0.6 is 11.8 Å². The van der Waals surface area contributed by atoms with Gasteiger partial charge >= 0.3 is 0 Å². The summed E-state index contributed by atoms with van der Waals surface area (Å²) in [5.41, 5.74) is 0.733. The van der Waals surface area contributed by atoms with Crippen LogP contribution < -0.4 is 4.74 Å². The summed E-state index contributed by atoms with van der Waals surface area (Å²) < 4.78 is 5.62. The molecule has 0 radical (unpaired) electrons. The summed E-state index contributed by atoms with van der Waals surface area (Å²) in [6.07, 6.45) is 3.90. The Morgan fingerprint density at radius 2 is 1.89 bits per heavy atom. The molecule has 0 N–H and O–H groups in total. The highest BCUT2D eigenvalue weighted by Crippen LogP contribution is 2.13. The van der Waals surface area contributed by atoms with Crippen molar-refractivity contribution in [3.63, 3.8) is 0 Å². The van der Waals surface area contributed by atoms with Gasteiger partial charge < -0.3 is 4.74 Å². The Bertz CT molecular complexity index is 346. The van der Waals surface area contributed by atoms with E-state index >= 15 is 0 Å². The SMILES string of the molecule is CCCCCSCCOc1ccc(C(C)=O)cc1. The Morgan fingerprint density at radius 3 is 2.50 bits per heavy atom. The lowest BCUT2D eigenvalue weighted by Crippen LogP contribution is -2.01. The summed E-state index contributed by atoms with van der Waals surface area (Å²) in [7, 11) is 0. The average molecular weight is 266 g/mol. The summed E-state index contributed by atoms with van der Waals surface area (Å²) in [6, 6.07) is 7.34. The van der Waals surface area contributed by atoms with Crippen molar-refractivity contribution in [2.24, 2.45) is 0 Å². The smallest absolute Gasteiger partial charge is 0.159 e. The van der Waals surface area contributed by atoms with Gasteiger partial charge in [-0.05, 0) is 43.4 Å². The van der Waals surface area contributed by atoms with Crippen LogP contribution in [0.25, 0.3) is 0 Å². The number of rotatable bonds is 9. The molecule has 0 atom stereocenters. The summed E-state index contributed by atoms with van der Waals surface area (Å²) >= 11 is 1.94. The molecule has 0 aliphatic rings. The molecule has 0 heterocycles. The predicted molar refractivity (Wildman–Crippen MR) is 78.8 cm³/mol. The van der Waals surface area contributed by atoms with Crippen molar-refractivity contribution in [2.45, 2.75) is 33.1 Å². The predicted octanol–water partition coefficient (Wildman–Crippen LogP) is 4.19. The number of carbonyl (C=O) groups excluding carboxylic acids is 1. The maximum Gasteiger partial charge on any atom is 0.159 e. The van der Waals surface area contributed by atoms with Gasteiger partial charge in [-0.2, -0.15) is 11.8 Å². The highest BCUT2D eigenvalue weighted by atomic mass is 32.2. The molecule has 100 valence electrons. The van der Waals surface area contributed by atoms with Crippen molar-refractivity contribution >= 4 is 17.5 Å². The highest BCUT2D eigenvalue weighted by molar-refractivity contribution is 7.99. The number of ether oxygens (including phenoxy) is 1. The average Bonchev–Trinajstić information content (AvgIpc) is 2.38. The van der Waals surface area contributed by atoms with Crippen LogP contribution in [0.4, 0.5) is 0 Å². The quantitative estimate of drug-likeness (QED) is 0.495. The van der Waals surface area contributed by atoms with Crippen LogP contribution in [-0.4, -0.2) is 23.9 Å². The third-order valence-electron chi connectivity index (χ3n) is 2.65. The van der Waals surface area contributed by atoms with Crippen LogP contribution in [0.5, 0.6) is 5.75 Å². The first-order valence-corrected chi connectivity index (χ1v) is 7.71. The number of Topliss-reactive ketones (excluding diaryl/α,β-unsaturated/α-hetero) is 1. The Balaban J connectivity index is 2.14. The standard InChI is InChI=1S/C15H22O2S/c1-3-4-5-11-18-12-10-17-15-8-6-14(7-9-15)13(2)16/h6-9H,3-5,10-12H2,1-2H3. The Hall–Kier alpha value is -0.960. The van der Waals surface area contributed by atoms with Crippen molar-refractivity contribution < 1.29 is 9.53 Å². The molecule has 0 fully saturated rings. The molecule has 0 saturated heterocycles. The second kappa shape index (κ2) is 9.03. The topological polar surface area (TPSA) is 26.3 Å². The first kappa shape index (κ1) is 15.1. The summed E-state index contributed by atoms with van der Waals surface area (Å²) in [5.74, 6) is 3.18. The van der Waals surface area contributed by atoms with E-state index in [9.17, 15) is 4.79 Å². The molecule has 0 bridgehead atoms. The van der Waals surface area contributed by atoms with E-state index in [4.69, 9.17) is 4.74 Å². The molecule has 0 saturated carbocycles. The normalized spacial score (nSPS) is 10.3. The van der Waals surface area contributed by atoms with E-state index < -0.39 is 0 Å². The lowest BCUT2D eigenvalue weighted by Gasteiger charge is -2.06. The van der Waals surface area contributed by atoms with Gasteiger partial charge in [-0.3, -0.25) is 4.79 Å². The Labute approximate surface area is 114 Å². The van der Waals surface area contributed by atoms with Gasteiger partial charge in [0.1, 0.15) is 5.75 Å². The lowest BCUT2D eigenvalue weighted by atomic mass is 10.1. The number of ketones is 1. The Morgan fingerprint density at radius 1 is 1.17 bits per heavy atom. The van der Waals surface area contributed by atoms with E-state index in [1.54, 1.807) is 6.92 Å². The van der Waals surface area contributed by atoms with Crippen molar-refractivity contribution in [3.05, 3.63) is 29.8 Å². The molecule has 0 aromatic heterocycles. The lowest BCUT2D eigenvalue weighted by molar-refractivity contribution is 0.101. The zero-order valence-electron chi connectivity index (χ0n) is 11.3. The molecular formula is C15H22O2S. The summed E-state index contributed by atoms with van der Waals surface area (Å²) in [4.78, 5) is 11.1. The molecule has 0 amide bonds. The van der Waals surface area contributed by atoms with Gasteiger partial charge in [0.2, 0.25) is 0 Å². The molecule has 3 heteroatoms. The minimum absolute atomic E-state index is 0.0908. The van der Waals surface area contributed by atoms with Crippen molar-refractivity contribution in [1.82, 2.24) is 0 Å². The maximum absolute atomic E-state index is 11.1. The second-order valence-electron chi connectivity index (χ2n) is 4.25. The van der Waals surface area contributed by atoms with E-state index in [-0.39, 0.29) is 5.78 Å². The zero-order chi connectivity index (χ0) is 13.2. The van der Waals surface area contributed by atoms with E-state index in [0.29, 0.717) is 0 Å². The van der Waals surface area contributed by atoms with Crippen LogP contribution in [0.3, 0.4) is 0 Å². The maximum atomic E-state index is 11.1. The minimum atomic E-state index is 0.0908. The first-order chi connectivity index (χ1) is 8.74. The third-order valence-corrected chi connectivity index (χ3v) is 3.68. The minimum Gasteiger partial charge on any atom is -0.493 e. The molecule has 0 aliphatic carbocycles. The zero-order valence-corrected chi connectivity index (χ0v) is 12.1. The second-order valence-corrected chi connectivity index (χ2v) is 5.47. The first-order valence-electron chi connectivity index (χ1n) is 6.55. The van der Waals surface area contributed by atoms with Crippen LogP contribution in [0.1, 0.15) is 43.5 Å². The van der Waals surface area contributed by atoms with Crippen LogP contribution in [0.15, 0.2) is 24.3 Å². The van der Waals surface area contributed by atoms with Crippen LogP contribution in [0, 0.1) is 0 Å². The van der Waals surface area contributed by atoms with Gasteiger partial charge in [-0.15, -0.1) is 0 Å². The number of hydrogen-bond donors (Lipinski definition) is 0. The molecule has 1 aromatic carbocycles. The molecule has 0 aliphatic heterocycles. The van der Waals surface area contributed by atoms with Gasteiger partial charge in [-0.25, -0.2) is 0 Å². The highest BCUT2D eigenvalue weighted by Gasteiger charge is 1.99. The van der Waals surface area contributed by atoms with Crippen LogP contribution in [-0.2, 0) is 0 Å². The van der Waals surface area contributed by atoms with Gasteiger partial charge in [0.05, 0.1) is 6.61 Å². The molecule has 0 unspecified atom stereocenters. The summed E-state index contributed by atoms with van der Waals surface area (Å²) in [6.45, 7) is 4.53. The van der Waals surface area contributed by atoms with Crippen LogP contribution in [0.2, 0.25) is 0 Å². The molecule has 2 nitrogen and oxygen atoms in total. The van der Waals surface area contributed by atoms with E-state index in [2.05, 4.69) is 6.92 Å². The fourth-order valence-electron chi connectivity index (χ4n) is 1.56. The van der Waals surface area contributed by atoms with Crippen molar-refractivity contribution in [1.29, 1.82) is 0 Å². The number of hydrogen-bond acceptors (Lipinski definition) is 3. The van der Waals surface area contributed by atoms with Crippen molar-refractivity contribution in [2.75, 3.05) is 18.1 Å². The van der Waals surface area contributed by atoms with E-state index in [1.807, 2.05) is 36.0 Å². The molecule has 18 heavy (non-hydrogen) atoms. The molecule has 1 aromatic rings. The number of unbranched alkanes of at least 4 members (excludes halogenated alkanes) is 2. The van der Waals surface area contributed by atoms with Gasteiger partial charge in [0, 0.05) is 11.3 Å². The molecule has 0 spiro atoms. The monoisotopic (exact) mass is 266 g/mol. The van der Waals surface area contributed by atoms with Gasteiger partial charge in [0.15, 0.2) is 5.78 Å². The van der Waals surface area contributed by atoms with Gasteiger partial charge in [0.25, 0.3) is 0 Å². The Kier molecular flexibility index (Phi) is 7.58. The number of carbonyl (C=O) groups is 1. The third kappa shape index (κ3) is 6.10. The van der Waals surface area contributed by atoms with E-state index in [0.717, 1.165) is 23.7 Å². The number of benzene rings is 1.